The molecule has 4 aromatic carbocycles. The number of benzene rings is 4. The molecule has 0 aromatic heterocycles. The molecule has 64 heavy (non-hydrogen) atoms. The van der Waals surface area contributed by atoms with Crippen LogP contribution in [0, 0.1) is 46.3 Å². The van der Waals surface area contributed by atoms with Crippen molar-refractivity contribution in [3.05, 3.63) is 121 Å². The molecule has 0 unspecified atom stereocenters. The van der Waals surface area contributed by atoms with Crippen LogP contribution in [-0.2, 0) is 19.1 Å². The van der Waals surface area contributed by atoms with Gasteiger partial charge in [0.15, 0.2) is 0 Å². The summed E-state index contributed by atoms with van der Waals surface area (Å²) in [6.45, 7) is 9.75. The number of hydrogen-bond acceptors (Lipinski definition) is 8. The predicted molar refractivity (Wildman–Crippen MR) is 275 cm³/mol. The number of anilines is 4. The molecule has 8 rings (SSSR count). The third kappa shape index (κ3) is 9.86. The van der Waals surface area contributed by atoms with E-state index >= 15 is 0 Å². The third-order valence-corrected chi connectivity index (χ3v) is 18.5. The van der Waals surface area contributed by atoms with Gasteiger partial charge in [-0.05, 0) is 141 Å². The molecule has 0 N–H and O–H groups in total. The second kappa shape index (κ2) is 20.9. The molecule has 0 aliphatic heterocycles. The first-order valence-corrected chi connectivity index (χ1v) is 26.3. The first-order valence-electron chi connectivity index (χ1n) is 23.5. The normalized spacial score (nSPS) is 28.7. The van der Waals surface area contributed by atoms with E-state index in [2.05, 4.69) is 27.7 Å². The Morgan fingerprint density at radius 2 is 1.14 bits per heavy atom. The highest BCUT2D eigenvalue weighted by Gasteiger charge is 2.65. The van der Waals surface area contributed by atoms with Crippen LogP contribution in [0.5, 0.6) is 0 Å². The summed E-state index contributed by atoms with van der Waals surface area (Å²) in [7, 11) is 0. The van der Waals surface area contributed by atoms with E-state index in [4.69, 9.17) is 33.9 Å². The molecule has 0 saturated heterocycles. The number of ether oxygens (including phenoxy) is 2. The minimum Gasteiger partial charge on any atom is -0.462 e. The number of nitrogens with zero attached hydrogens (tertiary/aromatic N) is 2. The zero-order chi connectivity index (χ0) is 44.8. The molecule has 338 valence electrons. The summed E-state index contributed by atoms with van der Waals surface area (Å²) in [5.74, 6) is 3.10. The van der Waals surface area contributed by atoms with E-state index in [0.29, 0.717) is 44.1 Å². The van der Waals surface area contributed by atoms with Crippen LogP contribution in [0.2, 0.25) is 0 Å². The summed E-state index contributed by atoms with van der Waals surface area (Å²) in [5.41, 5.74) is 3.88. The fraction of sp³-hybridized carbons (Fsp3) is 0.481. The number of rotatable bonds is 13. The molecule has 0 radical (unpaired) electrons. The Kier molecular flexibility index (Phi) is 15.3. The van der Waals surface area contributed by atoms with Crippen molar-refractivity contribution in [3.63, 3.8) is 0 Å². The quantitative estimate of drug-likeness (QED) is 0.0957. The van der Waals surface area contributed by atoms with Crippen molar-refractivity contribution in [2.75, 3.05) is 21.3 Å². The molecular weight excluding hydrogens is 869 g/mol. The number of thiocarbonyl (C=S) groups is 2. The molecule has 0 amide bonds. The second-order valence-corrected chi connectivity index (χ2v) is 22.4. The summed E-state index contributed by atoms with van der Waals surface area (Å²) in [4.78, 5) is 31.8. The van der Waals surface area contributed by atoms with Gasteiger partial charge in [0.25, 0.3) is 0 Å². The average molecular weight is 933 g/mol. The molecule has 6 nitrogen and oxygen atoms in total. The lowest BCUT2D eigenvalue weighted by Gasteiger charge is -2.62. The van der Waals surface area contributed by atoms with Gasteiger partial charge in [-0.15, -0.1) is 0 Å². The Morgan fingerprint density at radius 3 is 1.62 bits per heavy atom. The van der Waals surface area contributed by atoms with E-state index in [-0.39, 0.29) is 46.5 Å². The molecule has 4 aromatic rings. The number of esters is 2. The molecule has 0 heterocycles. The van der Waals surface area contributed by atoms with Gasteiger partial charge in [-0.3, -0.25) is 19.4 Å². The molecule has 10 heteroatoms. The molecule has 0 spiro atoms. The van der Waals surface area contributed by atoms with Gasteiger partial charge >= 0.3 is 11.9 Å². The summed E-state index contributed by atoms with van der Waals surface area (Å²) < 4.78 is 14.4. The maximum atomic E-state index is 14.2. The minimum absolute atomic E-state index is 0.0680. The van der Waals surface area contributed by atoms with E-state index in [1.54, 1.807) is 0 Å². The van der Waals surface area contributed by atoms with Gasteiger partial charge < -0.3 is 9.47 Å². The van der Waals surface area contributed by atoms with Crippen molar-refractivity contribution in [1.29, 1.82) is 0 Å². The molecule has 4 aliphatic rings. The van der Waals surface area contributed by atoms with Crippen molar-refractivity contribution in [2.45, 2.75) is 104 Å². The zero-order valence-corrected chi connectivity index (χ0v) is 41.1. The topological polar surface area (TPSA) is 59.1 Å². The summed E-state index contributed by atoms with van der Waals surface area (Å²) in [5, 5.41) is 0. The maximum absolute atomic E-state index is 14.2. The monoisotopic (exact) mass is 932 g/mol. The summed E-state index contributed by atoms with van der Waals surface area (Å²) >= 11 is 14.7. The predicted octanol–water partition coefficient (Wildman–Crippen LogP) is 14.2. The highest BCUT2D eigenvalue weighted by atomic mass is 32.2. The molecule has 4 aliphatic carbocycles. The Morgan fingerprint density at radius 1 is 0.656 bits per heavy atom. The molecule has 4 fully saturated rings. The first kappa shape index (κ1) is 46.8. The van der Waals surface area contributed by atoms with Crippen LogP contribution in [0.25, 0.3) is 0 Å². The summed E-state index contributed by atoms with van der Waals surface area (Å²) in [6.07, 6.45) is 10.5. The standard InChI is InChI=1S/C54H64N2O4S4/c1-5-18-37(2)45-29-30-46-44-28-27-38-33-43(59-49(57)35-63-51(61)55(39-19-10-6-11-20-39)40-21-12-7-13-22-40)31-32-53(38,3)47(44)34-48(54(45,46)4)60-50(58)36-64-52(62)56(41-23-14-8-15-24-41)42-25-16-9-17-26-42/h6-17,19-26,37-38,43-48H,5,18,27-36H2,1-4H3/t37-,38-,43-,44+,45-,46+,47+,48+,53+,54-/m1/s1. The van der Waals surface area contributed by atoms with Crippen molar-refractivity contribution in [3.8, 4) is 0 Å². The van der Waals surface area contributed by atoms with Crippen molar-refractivity contribution < 1.29 is 19.1 Å². The number of carbonyl (C=O) groups is 2. The van der Waals surface area contributed by atoms with E-state index in [1.165, 1.54) is 55.6 Å². The van der Waals surface area contributed by atoms with Gasteiger partial charge in [0.2, 0.25) is 0 Å². The fourth-order valence-corrected chi connectivity index (χ4v) is 14.9. The molecule has 10 atom stereocenters. The SMILES string of the molecule is CCC[C@@H](C)[C@H]1CC[C@H]2[C@@H]3CC[C@@H]4C[C@H](OC(=O)CSC(=S)N(c5ccccc5)c5ccccc5)CC[C@]4(C)[C@H]3C[C@H](OC(=O)CSC(=S)N(c3ccccc3)c3ccccc3)[C@]12C. The number of hydrogen-bond donors (Lipinski definition) is 0. The number of fused-ring (bicyclic) bond motifs is 5. The highest BCUT2D eigenvalue weighted by molar-refractivity contribution is 8.24. The zero-order valence-electron chi connectivity index (χ0n) is 37.8. The Hall–Kier alpha value is -3.70. The fourth-order valence-electron chi connectivity index (χ4n) is 12.9. The van der Waals surface area contributed by atoms with Crippen molar-refractivity contribution in [1.82, 2.24) is 0 Å². The van der Waals surface area contributed by atoms with Crippen LogP contribution in [0.15, 0.2) is 121 Å². The molecular formula is C54H64N2O4S4. The lowest BCUT2D eigenvalue weighted by Crippen LogP contribution is -2.59. The lowest BCUT2D eigenvalue weighted by atomic mass is 9.43. The van der Waals surface area contributed by atoms with Crippen molar-refractivity contribution >= 4 is 91.3 Å². The van der Waals surface area contributed by atoms with Crippen LogP contribution in [0.4, 0.5) is 22.7 Å². The van der Waals surface area contributed by atoms with E-state index < -0.39 is 0 Å². The Labute approximate surface area is 401 Å². The van der Waals surface area contributed by atoms with Gasteiger partial charge in [0.05, 0.1) is 11.5 Å². The van der Waals surface area contributed by atoms with Gasteiger partial charge in [-0.25, -0.2) is 0 Å². The third-order valence-electron chi connectivity index (χ3n) is 15.8. The van der Waals surface area contributed by atoms with Gasteiger partial charge in [-0.2, -0.15) is 0 Å². The van der Waals surface area contributed by atoms with Crippen LogP contribution < -0.4 is 9.80 Å². The van der Waals surface area contributed by atoms with E-state index in [0.717, 1.165) is 54.9 Å². The van der Waals surface area contributed by atoms with Crippen LogP contribution in [0.1, 0.15) is 91.9 Å². The number of carbonyl (C=O) groups excluding carboxylic acids is 2. The lowest BCUT2D eigenvalue weighted by molar-refractivity contribution is -0.197. The Balaban J connectivity index is 0.934. The van der Waals surface area contributed by atoms with Gasteiger partial charge in [-0.1, -0.05) is 161 Å². The first-order chi connectivity index (χ1) is 31.0. The summed E-state index contributed by atoms with van der Waals surface area (Å²) in [6, 6.07) is 40.4. The van der Waals surface area contributed by atoms with Gasteiger partial charge in [0.1, 0.15) is 20.8 Å². The average Bonchev–Trinajstić information content (AvgIpc) is 3.68. The maximum Gasteiger partial charge on any atom is 0.316 e. The van der Waals surface area contributed by atoms with Gasteiger partial charge in [0, 0.05) is 28.2 Å². The smallest absolute Gasteiger partial charge is 0.316 e. The van der Waals surface area contributed by atoms with E-state index in [1.807, 2.05) is 131 Å². The van der Waals surface area contributed by atoms with Crippen LogP contribution in [-0.4, -0.2) is 44.3 Å². The van der Waals surface area contributed by atoms with Crippen LogP contribution in [0.3, 0.4) is 0 Å². The Bertz CT molecular complexity index is 2140. The largest absolute Gasteiger partial charge is 0.462 e. The van der Waals surface area contributed by atoms with E-state index in [9.17, 15) is 9.59 Å². The van der Waals surface area contributed by atoms with Crippen molar-refractivity contribution in [2.24, 2.45) is 46.3 Å². The number of thioether (sulfide) groups is 2. The molecule has 4 saturated carbocycles. The van der Waals surface area contributed by atoms with Crippen LogP contribution >= 0.6 is 48.0 Å². The minimum atomic E-state index is -0.206. The second-order valence-electron chi connectivity index (χ2n) is 19.2. The highest BCUT2D eigenvalue weighted by Crippen LogP contribution is 2.69. The molecule has 0 bridgehead atoms. The number of para-hydroxylation sites is 4.